The van der Waals surface area contributed by atoms with Crippen molar-refractivity contribution in [3.8, 4) is 5.75 Å². The topological polar surface area (TPSA) is 46.5 Å². The summed E-state index contributed by atoms with van der Waals surface area (Å²) >= 11 is 4.45. The van der Waals surface area contributed by atoms with Crippen LogP contribution in [0.15, 0.2) is 12.1 Å². The number of benzene rings is 1. The van der Waals surface area contributed by atoms with Crippen molar-refractivity contribution in [2.75, 3.05) is 0 Å². The molecule has 4 heteroatoms. The third-order valence-electron chi connectivity index (χ3n) is 5.20. The maximum Gasteiger partial charge on any atom is 0.319 e. The van der Waals surface area contributed by atoms with Gasteiger partial charge in [0.1, 0.15) is 12.4 Å². The molecule has 0 aliphatic heterocycles. The van der Waals surface area contributed by atoms with Crippen LogP contribution in [0.3, 0.4) is 0 Å². The second-order valence-electron chi connectivity index (χ2n) is 10.7. The Hall–Kier alpha value is -1.16. The molecule has 0 aromatic heterocycles. The molecule has 0 aliphatic rings. The molecule has 166 valence electrons. The Morgan fingerprint density at radius 1 is 0.966 bits per heavy atom. The summed E-state index contributed by atoms with van der Waals surface area (Å²) in [6.07, 6.45) is 5.30. The minimum atomic E-state index is -0.379. The lowest BCUT2D eigenvalue weighted by Crippen LogP contribution is -2.20. The van der Waals surface area contributed by atoms with E-state index >= 15 is 0 Å². The van der Waals surface area contributed by atoms with Crippen molar-refractivity contribution >= 4 is 18.6 Å². The number of aromatic hydroxyl groups is 1. The number of ether oxygens (including phenoxy) is 1. The first kappa shape index (κ1) is 25.9. The number of rotatable bonds is 9. The molecule has 0 spiro atoms. The predicted octanol–water partition coefficient (Wildman–Crippen LogP) is 6.94. The van der Waals surface area contributed by atoms with E-state index in [1.165, 1.54) is 12.8 Å². The Kier molecular flexibility index (Phi) is 9.59. The molecule has 0 heterocycles. The first-order valence-electron chi connectivity index (χ1n) is 10.9. The van der Waals surface area contributed by atoms with Crippen molar-refractivity contribution in [2.24, 2.45) is 5.92 Å². The summed E-state index contributed by atoms with van der Waals surface area (Å²) in [5.74, 6) is 0.807. The van der Waals surface area contributed by atoms with Crippen molar-refractivity contribution in [1.29, 1.82) is 0 Å². The number of thiol groups is 1. The molecule has 29 heavy (non-hydrogen) atoms. The van der Waals surface area contributed by atoms with Crippen molar-refractivity contribution in [3.05, 3.63) is 28.8 Å². The van der Waals surface area contributed by atoms with Crippen LogP contribution in [0.4, 0.5) is 0 Å². The molecule has 0 radical (unpaired) electrons. The Morgan fingerprint density at radius 2 is 1.45 bits per heavy atom. The summed E-state index contributed by atoms with van der Waals surface area (Å²) in [5.41, 5.74) is 2.26. The van der Waals surface area contributed by atoms with Gasteiger partial charge in [0.15, 0.2) is 0 Å². The third-order valence-corrected chi connectivity index (χ3v) is 5.67. The highest BCUT2D eigenvalue weighted by atomic mass is 32.1. The number of carbonyl (C=O) groups is 1. The molecule has 1 atom stereocenters. The zero-order valence-electron chi connectivity index (χ0n) is 19.8. The minimum Gasteiger partial charge on any atom is -0.507 e. The molecule has 0 aliphatic carbocycles. The third kappa shape index (κ3) is 8.62. The van der Waals surface area contributed by atoms with Crippen molar-refractivity contribution in [1.82, 2.24) is 0 Å². The van der Waals surface area contributed by atoms with E-state index < -0.39 is 0 Å². The van der Waals surface area contributed by atoms with Crippen molar-refractivity contribution in [3.63, 3.8) is 0 Å². The molecular weight excluding hydrogens is 380 g/mol. The summed E-state index contributed by atoms with van der Waals surface area (Å²) in [6.45, 7) is 17.1. The lowest BCUT2D eigenvalue weighted by atomic mass is 9.78. The van der Waals surface area contributed by atoms with E-state index in [1.807, 2.05) is 12.1 Å². The molecule has 0 saturated heterocycles. The summed E-state index contributed by atoms with van der Waals surface area (Å²) < 4.78 is 5.56. The SMILES string of the molecule is CC(C)CCCCCC(S)C(=O)OCc1cc(C(C)(C)C)c(O)c(C(C)(C)C)c1. The lowest BCUT2D eigenvalue weighted by molar-refractivity contribution is -0.144. The van der Waals surface area contributed by atoms with Crippen molar-refractivity contribution in [2.45, 2.75) is 110 Å². The van der Waals surface area contributed by atoms with E-state index in [1.54, 1.807) is 0 Å². The van der Waals surface area contributed by atoms with E-state index in [0.717, 1.165) is 41.9 Å². The molecule has 1 aromatic carbocycles. The fraction of sp³-hybridized carbons (Fsp3) is 0.720. The Morgan fingerprint density at radius 3 is 1.90 bits per heavy atom. The maximum atomic E-state index is 12.4. The monoisotopic (exact) mass is 422 g/mol. The normalized spacial score (nSPS) is 13.6. The lowest BCUT2D eigenvalue weighted by Gasteiger charge is -2.28. The molecule has 1 N–H and O–H groups in total. The predicted molar refractivity (Wildman–Crippen MR) is 126 cm³/mol. The van der Waals surface area contributed by atoms with Crippen LogP contribution in [-0.2, 0) is 27.0 Å². The highest BCUT2D eigenvalue weighted by Gasteiger charge is 2.27. The standard InChI is InChI=1S/C25H42O3S/c1-17(2)12-10-9-11-13-21(29)23(27)28-16-18-14-19(24(3,4)5)22(26)20(15-18)25(6,7)8/h14-15,17,21,26,29H,9-13,16H2,1-8H3. The van der Waals surface area contributed by atoms with Gasteiger partial charge in [-0.05, 0) is 52.0 Å². The fourth-order valence-corrected chi connectivity index (χ4v) is 3.61. The Bertz CT molecular complexity index is 631. The molecule has 1 aromatic rings. The van der Waals surface area contributed by atoms with Gasteiger partial charge < -0.3 is 9.84 Å². The number of phenolic OH excluding ortho intramolecular Hbond substituents is 1. The van der Waals surface area contributed by atoms with E-state index in [9.17, 15) is 9.90 Å². The number of phenols is 1. The van der Waals surface area contributed by atoms with Gasteiger partial charge >= 0.3 is 5.97 Å². The molecule has 0 fully saturated rings. The van der Waals surface area contributed by atoms with Gasteiger partial charge in [0.2, 0.25) is 0 Å². The average Bonchev–Trinajstić information content (AvgIpc) is 2.57. The van der Waals surface area contributed by atoms with Gasteiger partial charge in [-0.25, -0.2) is 0 Å². The van der Waals surface area contributed by atoms with Crippen LogP contribution in [0.1, 0.15) is 104 Å². The molecule has 0 amide bonds. The Balaban J connectivity index is 2.76. The zero-order valence-corrected chi connectivity index (χ0v) is 20.7. The van der Waals surface area contributed by atoms with Crippen LogP contribution < -0.4 is 0 Å². The van der Waals surface area contributed by atoms with Crippen LogP contribution in [0.2, 0.25) is 0 Å². The molecule has 1 rings (SSSR count). The van der Waals surface area contributed by atoms with E-state index in [2.05, 4.69) is 68.0 Å². The average molecular weight is 423 g/mol. The van der Waals surface area contributed by atoms with Crippen LogP contribution in [0.5, 0.6) is 5.75 Å². The van der Waals surface area contributed by atoms with Gasteiger partial charge in [-0.1, -0.05) is 81.1 Å². The summed E-state index contributed by atoms with van der Waals surface area (Å²) in [5, 5.41) is 10.4. The largest absolute Gasteiger partial charge is 0.507 e. The first-order chi connectivity index (χ1) is 13.2. The quantitative estimate of drug-likeness (QED) is 0.257. The van der Waals surface area contributed by atoms with Crippen molar-refractivity contribution < 1.29 is 14.6 Å². The Labute approximate surface area is 184 Å². The molecule has 0 bridgehead atoms. The zero-order chi connectivity index (χ0) is 22.4. The highest BCUT2D eigenvalue weighted by molar-refractivity contribution is 7.81. The van der Waals surface area contributed by atoms with Gasteiger partial charge in [-0.2, -0.15) is 12.6 Å². The number of hydrogen-bond acceptors (Lipinski definition) is 4. The first-order valence-corrected chi connectivity index (χ1v) is 11.5. The summed E-state index contributed by atoms with van der Waals surface area (Å²) in [7, 11) is 0. The van der Waals surface area contributed by atoms with E-state index in [4.69, 9.17) is 4.74 Å². The second kappa shape index (κ2) is 10.7. The molecule has 1 unspecified atom stereocenters. The van der Waals surface area contributed by atoms with Gasteiger partial charge in [0.05, 0.1) is 5.25 Å². The van der Waals surface area contributed by atoms with E-state index in [0.29, 0.717) is 5.75 Å². The molecule has 3 nitrogen and oxygen atoms in total. The smallest absolute Gasteiger partial charge is 0.319 e. The summed E-state index contributed by atoms with van der Waals surface area (Å²) in [6, 6.07) is 3.91. The van der Waals surface area contributed by atoms with Gasteiger partial charge in [-0.3, -0.25) is 4.79 Å². The maximum absolute atomic E-state index is 12.4. The number of esters is 1. The molecule has 0 saturated carbocycles. The van der Waals surface area contributed by atoms with Crippen LogP contribution >= 0.6 is 12.6 Å². The summed E-state index contributed by atoms with van der Waals surface area (Å²) in [4.78, 5) is 12.4. The van der Waals surface area contributed by atoms with Gasteiger partial charge in [0, 0.05) is 0 Å². The van der Waals surface area contributed by atoms with E-state index in [-0.39, 0.29) is 28.7 Å². The van der Waals surface area contributed by atoms with Gasteiger partial charge in [-0.15, -0.1) is 0 Å². The minimum absolute atomic E-state index is 0.202. The number of carbonyl (C=O) groups excluding carboxylic acids is 1. The van der Waals surface area contributed by atoms with Gasteiger partial charge in [0.25, 0.3) is 0 Å². The second-order valence-corrected chi connectivity index (χ2v) is 11.3. The fourth-order valence-electron chi connectivity index (χ4n) is 3.36. The highest BCUT2D eigenvalue weighted by Crippen LogP contribution is 2.39. The van der Waals surface area contributed by atoms with Crippen LogP contribution in [0.25, 0.3) is 0 Å². The number of hydrogen-bond donors (Lipinski definition) is 2. The van der Waals surface area contributed by atoms with Crippen LogP contribution in [0, 0.1) is 5.92 Å². The molecular formula is C25H42O3S. The number of unbranched alkanes of at least 4 members (excludes halogenated alkanes) is 2. The van der Waals surface area contributed by atoms with Crippen LogP contribution in [-0.4, -0.2) is 16.3 Å².